The van der Waals surface area contributed by atoms with Crippen LogP contribution in [0.5, 0.6) is 0 Å². The van der Waals surface area contributed by atoms with E-state index in [1.165, 1.54) is 12.1 Å². The Morgan fingerprint density at radius 2 is 0.870 bits per heavy atom. The molecule has 2 unspecified atom stereocenters. The fourth-order valence-electron chi connectivity index (χ4n) is 8.64. The van der Waals surface area contributed by atoms with Crippen molar-refractivity contribution in [1.82, 2.24) is 9.80 Å². The molecule has 2 amide bonds. The molecule has 11 heteroatoms. The summed E-state index contributed by atoms with van der Waals surface area (Å²) in [6, 6.07) is 45.4. The predicted molar refractivity (Wildman–Crippen MR) is 303 cm³/mol. The smallest absolute Gasteiger partial charge is 0.379 e. The maximum absolute atomic E-state index is 14.2. The van der Waals surface area contributed by atoms with Crippen molar-refractivity contribution < 1.29 is 58.3 Å². The molecule has 6 rings (SSSR count). The first-order chi connectivity index (χ1) is 36.3. The number of aryl methyl sites for hydroxylation is 2. The van der Waals surface area contributed by atoms with Gasteiger partial charge in [0, 0.05) is 74.8 Å². The van der Waals surface area contributed by atoms with Crippen LogP contribution >= 0.6 is 0 Å². The molecule has 0 aliphatic rings. The normalized spacial score (nSPS) is 11.8. The second-order valence-electron chi connectivity index (χ2n) is 21.1. The summed E-state index contributed by atoms with van der Waals surface area (Å²) in [5, 5.41) is 0. The van der Waals surface area contributed by atoms with Gasteiger partial charge in [0.1, 0.15) is 0 Å². The molecule has 77 heavy (non-hydrogen) atoms. The van der Waals surface area contributed by atoms with Crippen LogP contribution in [-0.4, -0.2) is 73.2 Å². The van der Waals surface area contributed by atoms with E-state index in [2.05, 4.69) is 53.7 Å². The second-order valence-corrected chi connectivity index (χ2v) is 21.1. The molecule has 0 N–H and O–H groups in total. The molecule has 0 radical (unpaired) electrons. The molecule has 0 fully saturated rings. The summed E-state index contributed by atoms with van der Waals surface area (Å²) >= 11 is 0. The van der Waals surface area contributed by atoms with Crippen molar-refractivity contribution in [3.63, 3.8) is 0 Å². The van der Waals surface area contributed by atoms with Crippen molar-refractivity contribution >= 4 is 11.8 Å². The van der Waals surface area contributed by atoms with Crippen molar-refractivity contribution in [3.05, 3.63) is 202 Å². The van der Waals surface area contributed by atoms with Gasteiger partial charge in [-0.05, 0) is 102 Å². The number of halogens is 4. The Bertz CT molecular complexity index is 2230. The Morgan fingerprint density at radius 1 is 0.532 bits per heavy atom. The molecule has 0 spiro atoms. The topological polar surface area (TPSA) is 59.1 Å². The van der Waals surface area contributed by atoms with Crippen molar-refractivity contribution in [2.45, 2.75) is 144 Å². The fourth-order valence-corrected chi connectivity index (χ4v) is 8.64. The summed E-state index contributed by atoms with van der Waals surface area (Å²) in [6.07, 6.45) is 10.2. The molecule has 0 aliphatic heterocycles. The molecule has 2 atom stereocenters. The summed E-state index contributed by atoms with van der Waals surface area (Å²) in [5.41, 5.74) is 3.19. The number of carbonyl (C=O) groups is 2. The van der Waals surface area contributed by atoms with Crippen LogP contribution in [0.2, 0.25) is 0 Å². The van der Waals surface area contributed by atoms with Gasteiger partial charge in [-0.15, -0.1) is 35.4 Å². The van der Waals surface area contributed by atoms with Crippen LogP contribution in [0.25, 0.3) is 0 Å². The van der Waals surface area contributed by atoms with Crippen LogP contribution in [0.15, 0.2) is 133 Å². The minimum atomic E-state index is -0.683. The molecule has 0 aliphatic carbocycles. The standard InChI is InChI=1S/2C28H38F2NO2.2C5H5.Ti/c2*1-21(11-9-16-28(3,4)33-5)15-18-31(27(32)23-12-7-6-8-13-23)17-10-14-25-22(2)19-24(29)20-26(25)30;2*1-2-4-5-3-1;/h2*6-8,12-13,19,21H,9-11,14-18H2,1-5H3;2*1-5H;/q4*-1;+4. The van der Waals surface area contributed by atoms with E-state index in [4.69, 9.17) is 9.47 Å². The van der Waals surface area contributed by atoms with Crippen molar-refractivity contribution in [2.24, 2.45) is 11.8 Å². The van der Waals surface area contributed by atoms with Gasteiger partial charge in [0.2, 0.25) is 0 Å². The average molecular weight is 1100 g/mol. The number of ether oxygens (including phenoxy) is 2. The van der Waals surface area contributed by atoms with Crippen molar-refractivity contribution in [2.75, 3.05) is 40.4 Å². The van der Waals surface area contributed by atoms with E-state index in [-0.39, 0.29) is 44.7 Å². The van der Waals surface area contributed by atoms with E-state index < -0.39 is 23.3 Å². The molecule has 0 bridgehead atoms. The summed E-state index contributed by atoms with van der Waals surface area (Å²) < 4.78 is 66.0. The van der Waals surface area contributed by atoms with Gasteiger partial charge in [0.25, 0.3) is 11.8 Å². The fraction of sp³-hybridized carbons (Fsp3) is 0.455. The van der Waals surface area contributed by atoms with Gasteiger partial charge in [-0.1, -0.05) is 103 Å². The van der Waals surface area contributed by atoms with Gasteiger partial charge in [-0.2, -0.15) is 47.5 Å². The summed E-state index contributed by atoms with van der Waals surface area (Å²) in [6.45, 7) is 18.6. The molecule has 0 saturated carbocycles. The van der Waals surface area contributed by atoms with Gasteiger partial charge in [0.05, 0.1) is 11.2 Å². The largest absolute Gasteiger partial charge is 4.00 e. The van der Waals surface area contributed by atoms with Crippen LogP contribution < -0.4 is 0 Å². The molecular formula is C66H86F4N2O4Ti. The first-order valence-electron chi connectivity index (χ1n) is 27.1. The molecule has 416 valence electrons. The maximum Gasteiger partial charge on any atom is 4.00 e. The molecule has 6 aromatic rings. The zero-order chi connectivity index (χ0) is 55.9. The number of benzene rings is 4. The zero-order valence-corrected chi connectivity index (χ0v) is 49.3. The Hall–Kier alpha value is -5.13. The van der Waals surface area contributed by atoms with Crippen LogP contribution in [0.1, 0.15) is 149 Å². The Labute approximate surface area is 475 Å². The van der Waals surface area contributed by atoms with E-state index in [9.17, 15) is 27.2 Å². The van der Waals surface area contributed by atoms with Crippen LogP contribution in [0.4, 0.5) is 17.6 Å². The average Bonchev–Trinajstić information content (AvgIpc) is 4.19. The second kappa shape index (κ2) is 36.9. The molecule has 0 aromatic heterocycles. The number of amides is 2. The number of nitrogens with zero attached hydrogens (tertiary/aromatic N) is 2. The van der Waals surface area contributed by atoms with Crippen LogP contribution in [-0.2, 0) is 44.0 Å². The Balaban J connectivity index is 0.000000438. The SMILES string of the molecule is COC(C)(C)CCCC(C)CCN(CCCc1c(F)[c-]c(F)cc1C)C(=O)c1ccccc1.COC(C)(C)CCCC(C)CCN(CCCc1c(F)[c-]c(F)cc1C)C(=O)c1ccccc1.[Ti+4].c1cc[cH-]c1.c1cc[cH-]c1. The van der Waals surface area contributed by atoms with Crippen molar-refractivity contribution in [3.8, 4) is 0 Å². The summed E-state index contributed by atoms with van der Waals surface area (Å²) in [4.78, 5) is 30.0. The quantitative estimate of drug-likeness (QED) is 0.0308. The Morgan fingerprint density at radius 3 is 1.16 bits per heavy atom. The van der Waals surface area contributed by atoms with Gasteiger partial charge in [-0.3, -0.25) is 9.59 Å². The molecule has 6 nitrogen and oxygen atoms in total. The summed E-state index contributed by atoms with van der Waals surface area (Å²) in [5.74, 6) is -1.69. The number of carbonyl (C=O) groups excluding carboxylic acids is 2. The minimum Gasteiger partial charge on any atom is -0.379 e. The minimum absolute atomic E-state index is 0. The first-order valence-corrected chi connectivity index (χ1v) is 27.1. The molecule has 0 saturated heterocycles. The third-order valence-electron chi connectivity index (χ3n) is 13.9. The van der Waals surface area contributed by atoms with E-state index >= 15 is 0 Å². The van der Waals surface area contributed by atoms with Gasteiger partial charge >= 0.3 is 21.7 Å². The third kappa shape index (κ3) is 27.3. The first kappa shape index (κ1) is 68.0. The zero-order valence-electron chi connectivity index (χ0n) is 47.7. The molecule has 6 aromatic carbocycles. The molecule has 0 heterocycles. The van der Waals surface area contributed by atoms with Crippen molar-refractivity contribution in [1.29, 1.82) is 0 Å². The van der Waals surface area contributed by atoms with Gasteiger partial charge < -0.3 is 19.3 Å². The van der Waals surface area contributed by atoms with E-state index in [1.54, 1.807) is 28.1 Å². The number of hydrogen-bond acceptors (Lipinski definition) is 4. The van der Waals surface area contributed by atoms with E-state index in [1.807, 2.05) is 131 Å². The number of methoxy groups -OCH3 is 2. The number of rotatable bonds is 26. The number of hydrogen-bond donors (Lipinski definition) is 0. The predicted octanol–water partition coefficient (Wildman–Crippen LogP) is 16.3. The van der Waals surface area contributed by atoms with Crippen LogP contribution in [0, 0.1) is 61.1 Å². The van der Waals surface area contributed by atoms with E-state index in [0.717, 1.165) is 51.4 Å². The molecular weight excluding hydrogens is 1010 g/mol. The van der Waals surface area contributed by atoms with Gasteiger partial charge in [-0.25, -0.2) is 41.8 Å². The van der Waals surface area contributed by atoms with Gasteiger partial charge in [0.15, 0.2) is 0 Å². The summed E-state index contributed by atoms with van der Waals surface area (Å²) in [7, 11) is 3.49. The van der Waals surface area contributed by atoms with E-state index in [0.29, 0.717) is 97.1 Å². The maximum atomic E-state index is 14.2. The Kier molecular flexibility index (Phi) is 32.6. The monoisotopic (exact) mass is 1090 g/mol. The third-order valence-corrected chi connectivity index (χ3v) is 13.9. The van der Waals surface area contributed by atoms with Crippen LogP contribution in [0.3, 0.4) is 0 Å².